The Morgan fingerprint density at radius 2 is 0.906 bits per heavy atom. The average molecular weight is 709 g/mol. The lowest BCUT2D eigenvalue weighted by molar-refractivity contribution is 0.672. The van der Waals surface area contributed by atoms with Crippen LogP contribution in [0.5, 0.6) is 0 Å². The molecule has 0 aliphatic heterocycles. The van der Waals surface area contributed by atoms with Crippen molar-refractivity contribution in [2.45, 2.75) is 0 Å². The van der Waals surface area contributed by atoms with Gasteiger partial charge >= 0.3 is 0 Å². The van der Waals surface area contributed by atoms with Crippen molar-refractivity contribution in [2.24, 2.45) is 0 Å². The molecule has 9 aromatic carbocycles. The van der Waals surface area contributed by atoms with E-state index in [0.29, 0.717) is 0 Å². The van der Waals surface area contributed by atoms with Crippen LogP contribution in [0.25, 0.3) is 117 Å². The van der Waals surface area contributed by atoms with E-state index in [2.05, 4.69) is 164 Å². The maximum Gasteiger partial charge on any atom is 0.143 e. The largest absolute Gasteiger partial charge is 0.455 e. The average Bonchev–Trinajstić information content (AvgIpc) is 3.90. The lowest BCUT2D eigenvalue weighted by Crippen LogP contribution is -1.91. The molecule has 12 aromatic rings. The molecule has 12 rings (SSSR count). The van der Waals surface area contributed by atoms with Crippen molar-refractivity contribution in [3.05, 3.63) is 170 Å². The highest BCUT2D eigenvalue weighted by molar-refractivity contribution is 7.27. The quantitative estimate of drug-likeness (QED) is 0.167. The van der Waals surface area contributed by atoms with Gasteiger partial charge in [-0.1, -0.05) is 140 Å². The highest BCUT2D eigenvalue weighted by Crippen LogP contribution is 2.53. The molecule has 0 amide bonds. The van der Waals surface area contributed by atoms with Crippen LogP contribution < -0.4 is 0 Å². The van der Waals surface area contributed by atoms with Gasteiger partial charge in [-0.3, -0.25) is 0 Å². The van der Waals surface area contributed by atoms with Crippen LogP contribution in [0.15, 0.2) is 174 Å². The Bertz CT molecular complexity index is 3390. The molecular formula is C50H28OS2. The minimum absolute atomic E-state index is 0.922. The molecule has 3 heteroatoms. The zero-order valence-corrected chi connectivity index (χ0v) is 30.0. The van der Waals surface area contributed by atoms with Gasteiger partial charge in [0.1, 0.15) is 11.2 Å². The second kappa shape index (κ2) is 11.1. The molecule has 1 nitrogen and oxygen atoms in total. The zero-order valence-electron chi connectivity index (χ0n) is 28.4. The first-order chi connectivity index (χ1) is 26.3. The van der Waals surface area contributed by atoms with Crippen LogP contribution in [0.2, 0.25) is 0 Å². The monoisotopic (exact) mass is 708 g/mol. The van der Waals surface area contributed by atoms with Crippen LogP contribution in [0.4, 0.5) is 0 Å². The fraction of sp³-hybridized carbons (Fsp3) is 0. The molecule has 0 aliphatic carbocycles. The van der Waals surface area contributed by atoms with E-state index in [4.69, 9.17) is 4.42 Å². The van der Waals surface area contributed by atoms with Crippen molar-refractivity contribution >= 4 is 107 Å². The van der Waals surface area contributed by atoms with Crippen molar-refractivity contribution < 1.29 is 4.42 Å². The third-order valence-electron chi connectivity index (χ3n) is 11.1. The van der Waals surface area contributed by atoms with Crippen molar-refractivity contribution in [3.8, 4) is 32.7 Å². The van der Waals surface area contributed by atoms with Gasteiger partial charge in [0, 0.05) is 62.4 Å². The van der Waals surface area contributed by atoms with Gasteiger partial charge in [-0.05, 0) is 74.0 Å². The normalized spacial score (nSPS) is 12.2. The van der Waals surface area contributed by atoms with Crippen LogP contribution >= 0.6 is 22.7 Å². The Morgan fingerprint density at radius 1 is 0.321 bits per heavy atom. The van der Waals surface area contributed by atoms with E-state index in [0.717, 1.165) is 27.3 Å². The van der Waals surface area contributed by atoms with Gasteiger partial charge in [-0.25, -0.2) is 0 Å². The fourth-order valence-electron chi connectivity index (χ4n) is 8.80. The smallest absolute Gasteiger partial charge is 0.143 e. The summed E-state index contributed by atoms with van der Waals surface area (Å²) in [6.45, 7) is 0. The fourth-order valence-corrected chi connectivity index (χ4v) is 11.3. The maximum atomic E-state index is 6.54. The van der Waals surface area contributed by atoms with E-state index >= 15 is 0 Å². The van der Waals surface area contributed by atoms with Gasteiger partial charge in [0.05, 0.1) is 0 Å². The second-order valence-corrected chi connectivity index (χ2v) is 16.0. The first-order valence-electron chi connectivity index (χ1n) is 18.0. The molecule has 3 aromatic heterocycles. The summed E-state index contributed by atoms with van der Waals surface area (Å²) in [5, 5.41) is 13.6. The molecule has 53 heavy (non-hydrogen) atoms. The molecule has 0 fully saturated rings. The number of hydrogen-bond acceptors (Lipinski definition) is 3. The summed E-state index contributed by atoms with van der Waals surface area (Å²) in [5.74, 6) is 0. The van der Waals surface area contributed by atoms with Gasteiger partial charge in [0.2, 0.25) is 0 Å². The SMILES string of the molecule is c1ccc(-c2c(-c3c4ccccc4c(-c4cccc5c4ccc4c6ccccc6oc54)c4ccccc34)sc3cc4sc5ccccc5c4cc23)cc1. The lowest BCUT2D eigenvalue weighted by atomic mass is 9.85. The Balaban J connectivity index is 1.20. The van der Waals surface area contributed by atoms with E-state index in [-0.39, 0.29) is 0 Å². The van der Waals surface area contributed by atoms with Crippen LogP contribution in [0, 0.1) is 0 Å². The van der Waals surface area contributed by atoms with E-state index in [1.807, 2.05) is 28.7 Å². The number of benzene rings is 9. The van der Waals surface area contributed by atoms with Gasteiger partial charge in [0.25, 0.3) is 0 Å². The Morgan fingerprint density at radius 3 is 1.68 bits per heavy atom. The minimum atomic E-state index is 0.922. The van der Waals surface area contributed by atoms with E-state index < -0.39 is 0 Å². The van der Waals surface area contributed by atoms with Crippen LogP contribution in [0.1, 0.15) is 0 Å². The molecule has 0 aliphatic rings. The first-order valence-corrected chi connectivity index (χ1v) is 19.6. The third-order valence-corrected chi connectivity index (χ3v) is 13.4. The number of furan rings is 1. The summed E-state index contributed by atoms with van der Waals surface area (Å²) in [5.41, 5.74) is 8.20. The van der Waals surface area contributed by atoms with Gasteiger partial charge in [0.15, 0.2) is 0 Å². The number of thiophene rings is 2. The molecule has 0 saturated carbocycles. The summed E-state index contributed by atoms with van der Waals surface area (Å²) in [7, 11) is 0. The van der Waals surface area contributed by atoms with Crippen molar-refractivity contribution in [1.82, 2.24) is 0 Å². The summed E-state index contributed by atoms with van der Waals surface area (Å²) in [6, 6.07) is 62.3. The molecule has 0 saturated heterocycles. The van der Waals surface area contributed by atoms with Gasteiger partial charge < -0.3 is 4.42 Å². The summed E-state index contributed by atoms with van der Waals surface area (Å²) < 4.78 is 10.5. The number of rotatable bonds is 3. The molecule has 0 bridgehead atoms. The van der Waals surface area contributed by atoms with Crippen molar-refractivity contribution in [3.63, 3.8) is 0 Å². The molecule has 246 valence electrons. The molecular weight excluding hydrogens is 681 g/mol. The van der Waals surface area contributed by atoms with E-state index in [9.17, 15) is 0 Å². The minimum Gasteiger partial charge on any atom is -0.455 e. The predicted molar refractivity (Wildman–Crippen MR) is 231 cm³/mol. The summed E-state index contributed by atoms with van der Waals surface area (Å²) in [6.07, 6.45) is 0. The number of para-hydroxylation sites is 1. The lowest BCUT2D eigenvalue weighted by Gasteiger charge is -2.19. The van der Waals surface area contributed by atoms with Crippen LogP contribution in [-0.2, 0) is 0 Å². The molecule has 0 N–H and O–H groups in total. The topological polar surface area (TPSA) is 13.1 Å². The Hall–Kier alpha value is -6.26. The Kier molecular flexibility index (Phi) is 6.15. The highest BCUT2D eigenvalue weighted by atomic mass is 32.1. The number of fused-ring (bicyclic) bond motifs is 11. The summed E-state index contributed by atoms with van der Waals surface area (Å²) in [4.78, 5) is 1.31. The number of hydrogen-bond donors (Lipinski definition) is 0. The maximum absolute atomic E-state index is 6.54. The van der Waals surface area contributed by atoms with E-state index in [1.54, 1.807) is 0 Å². The van der Waals surface area contributed by atoms with Crippen LogP contribution in [0.3, 0.4) is 0 Å². The molecule has 3 heterocycles. The van der Waals surface area contributed by atoms with Crippen LogP contribution in [-0.4, -0.2) is 0 Å². The second-order valence-electron chi connectivity index (χ2n) is 13.9. The predicted octanol–water partition coefficient (Wildman–Crippen LogP) is 15.6. The first kappa shape index (κ1) is 29.3. The standard InChI is InChI=1S/C50H28OS2/c1-2-13-29(14-3-1)46-41-27-40-32-16-9-11-24-43(32)52-44(40)28-45(41)53-50(46)48-36-19-6-4-17-34(36)47(35-18-5-7-20-37(35)48)33-21-12-22-38-30(33)25-26-39-31-15-8-10-23-42(31)51-49(38)39/h1-28H. The zero-order chi connectivity index (χ0) is 34.6. The highest BCUT2D eigenvalue weighted by Gasteiger charge is 2.24. The van der Waals surface area contributed by atoms with E-state index in [1.165, 1.54) is 89.9 Å². The summed E-state index contributed by atoms with van der Waals surface area (Å²) >= 11 is 3.82. The molecule has 0 spiro atoms. The van der Waals surface area contributed by atoms with Crippen molar-refractivity contribution in [2.75, 3.05) is 0 Å². The van der Waals surface area contributed by atoms with Gasteiger partial charge in [-0.15, -0.1) is 22.7 Å². The Labute approximate surface area is 312 Å². The van der Waals surface area contributed by atoms with Gasteiger partial charge in [-0.2, -0.15) is 0 Å². The third kappa shape index (κ3) is 4.18. The molecule has 0 atom stereocenters. The van der Waals surface area contributed by atoms with Crippen molar-refractivity contribution in [1.29, 1.82) is 0 Å². The molecule has 0 radical (unpaired) electrons. The molecule has 0 unspecified atom stereocenters.